The van der Waals surface area contributed by atoms with Crippen LogP contribution in [0.3, 0.4) is 0 Å². The Hall–Kier alpha value is -1.77. The number of rotatable bonds is 7. The first-order chi connectivity index (χ1) is 14.5. The zero-order valence-electron chi connectivity index (χ0n) is 19.1. The molecule has 3 rings (SSSR count). The van der Waals surface area contributed by atoms with Gasteiger partial charge in [-0.3, -0.25) is 0 Å². The monoisotopic (exact) mass is 462 g/mol. The SMILES string of the molecule is CNc1nc(C2CCCN(Sc3ccc(S(C)(=O)=O)cc3)C2)ccc1NCC(C)(C)C. The number of pyridine rings is 1. The molecule has 1 fully saturated rings. The van der Waals surface area contributed by atoms with Gasteiger partial charge >= 0.3 is 0 Å². The van der Waals surface area contributed by atoms with Crippen molar-refractivity contribution in [1.29, 1.82) is 0 Å². The van der Waals surface area contributed by atoms with Crippen molar-refractivity contribution in [2.24, 2.45) is 5.41 Å². The Kier molecular flexibility index (Phi) is 7.55. The smallest absolute Gasteiger partial charge is 0.175 e. The lowest BCUT2D eigenvalue weighted by Gasteiger charge is -2.31. The first-order valence-corrected chi connectivity index (χ1v) is 13.4. The molecule has 0 amide bonds. The minimum absolute atomic E-state index is 0.199. The van der Waals surface area contributed by atoms with Gasteiger partial charge in [-0.25, -0.2) is 17.7 Å². The maximum Gasteiger partial charge on any atom is 0.175 e. The first-order valence-electron chi connectivity index (χ1n) is 10.7. The quantitative estimate of drug-likeness (QED) is 0.569. The molecule has 2 N–H and O–H groups in total. The number of benzene rings is 1. The van der Waals surface area contributed by atoms with Crippen molar-refractivity contribution in [2.45, 2.75) is 49.3 Å². The molecular weight excluding hydrogens is 428 g/mol. The van der Waals surface area contributed by atoms with Crippen molar-refractivity contribution in [2.75, 3.05) is 43.6 Å². The Bertz CT molecular complexity index is 986. The summed E-state index contributed by atoms with van der Waals surface area (Å²) >= 11 is 1.69. The molecule has 6 nitrogen and oxygen atoms in total. The highest BCUT2D eigenvalue weighted by Gasteiger charge is 2.24. The molecule has 1 aromatic carbocycles. The number of nitrogens with one attached hydrogen (secondary N) is 2. The average molecular weight is 463 g/mol. The predicted molar refractivity (Wildman–Crippen MR) is 131 cm³/mol. The van der Waals surface area contributed by atoms with E-state index in [1.807, 2.05) is 19.2 Å². The Morgan fingerprint density at radius 1 is 1.16 bits per heavy atom. The predicted octanol–water partition coefficient (Wildman–Crippen LogP) is 4.87. The van der Waals surface area contributed by atoms with Crippen molar-refractivity contribution in [3.63, 3.8) is 0 Å². The van der Waals surface area contributed by atoms with Crippen LogP contribution in [0, 0.1) is 5.41 Å². The van der Waals surface area contributed by atoms with Gasteiger partial charge in [0.1, 0.15) is 5.82 Å². The second-order valence-electron chi connectivity index (χ2n) is 9.36. The average Bonchev–Trinajstić information content (AvgIpc) is 2.71. The molecule has 1 aliphatic heterocycles. The minimum atomic E-state index is -3.16. The van der Waals surface area contributed by atoms with E-state index in [0.717, 1.165) is 54.6 Å². The summed E-state index contributed by atoms with van der Waals surface area (Å²) < 4.78 is 25.7. The van der Waals surface area contributed by atoms with E-state index in [-0.39, 0.29) is 5.41 Å². The Morgan fingerprint density at radius 2 is 1.87 bits per heavy atom. The maximum atomic E-state index is 11.7. The molecule has 31 heavy (non-hydrogen) atoms. The van der Waals surface area contributed by atoms with Crippen LogP contribution in [-0.2, 0) is 9.84 Å². The van der Waals surface area contributed by atoms with E-state index in [1.165, 1.54) is 6.26 Å². The fourth-order valence-electron chi connectivity index (χ4n) is 3.56. The van der Waals surface area contributed by atoms with Crippen LogP contribution in [0.2, 0.25) is 0 Å². The summed E-state index contributed by atoms with van der Waals surface area (Å²) in [6.07, 6.45) is 3.47. The van der Waals surface area contributed by atoms with Crippen molar-refractivity contribution >= 4 is 33.3 Å². The molecule has 0 bridgehead atoms. The van der Waals surface area contributed by atoms with E-state index in [9.17, 15) is 8.42 Å². The molecule has 1 atom stereocenters. The van der Waals surface area contributed by atoms with Gasteiger partial charge in [0.25, 0.3) is 0 Å². The molecule has 1 unspecified atom stereocenters. The lowest BCUT2D eigenvalue weighted by molar-refractivity contribution is 0.339. The van der Waals surface area contributed by atoms with Crippen LogP contribution in [0.5, 0.6) is 0 Å². The second kappa shape index (κ2) is 9.79. The van der Waals surface area contributed by atoms with Crippen LogP contribution >= 0.6 is 11.9 Å². The molecule has 1 aromatic heterocycles. The van der Waals surface area contributed by atoms with Gasteiger partial charge in [0.2, 0.25) is 0 Å². The lowest BCUT2D eigenvalue weighted by atomic mass is 9.95. The second-order valence-corrected chi connectivity index (χ2v) is 12.5. The largest absolute Gasteiger partial charge is 0.382 e. The third-order valence-corrected chi connectivity index (χ3v) is 7.45. The van der Waals surface area contributed by atoms with E-state index in [0.29, 0.717) is 10.8 Å². The molecule has 2 aromatic rings. The highest BCUT2D eigenvalue weighted by molar-refractivity contribution is 7.97. The van der Waals surface area contributed by atoms with Gasteiger partial charge in [-0.15, -0.1) is 0 Å². The highest BCUT2D eigenvalue weighted by Crippen LogP contribution is 2.34. The molecule has 0 saturated carbocycles. The summed E-state index contributed by atoms with van der Waals surface area (Å²) in [6, 6.07) is 11.4. The zero-order valence-corrected chi connectivity index (χ0v) is 20.7. The summed E-state index contributed by atoms with van der Waals surface area (Å²) in [7, 11) is -1.25. The van der Waals surface area contributed by atoms with Gasteiger partial charge in [0.15, 0.2) is 9.84 Å². The number of hydrogen-bond acceptors (Lipinski definition) is 7. The van der Waals surface area contributed by atoms with E-state index >= 15 is 0 Å². The van der Waals surface area contributed by atoms with E-state index < -0.39 is 9.84 Å². The molecule has 1 aliphatic rings. The van der Waals surface area contributed by atoms with Gasteiger partial charge in [0.05, 0.1) is 10.6 Å². The third kappa shape index (κ3) is 6.85. The van der Waals surface area contributed by atoms with Gasteiger partial charge < -0.3 is 10.6 Å². The number of nitrogens with zero attached hydrogens (tertiary/aromatic N) is 2. The Morgan fingerprint density at radius 3 is 2.48 bits per heavy atom. The van der Waals surface area contributed by atoms with Crippen LogP contribution in [0.15, 0.2) is 46.2 Å². The van der Waals surface area contributed by atoms with Crippen molar-refractivity contribution in [3.8, 4) is 0 Å². The van der Waals surface area contributed by atoms with Crippen molar-refractivity contribution in [3.05, 3.63) is 42.1 Å². The standard InChI is InChI=1S/C23H34N4O2S2/c1-23(2,3)16-25-21-13-12-20(26-22(21)24-4)17-7-6-14-27(15-17)30-18-8-10-19(11-9-18)31(5,28)29/h8-13,17,25H,6-7,14-16H2,1-5H3,(H,24,26). The van der Waals surface area contributed by atoms with E-state index in [4.69, 9.17) is 4.98 Å². The van der Waals surface area contributed by atoms with Gasteiger partial charge in [0, 0.05) is 49.4 Å². The third-order valence-electron chi connectivity index (χ3n) is 5.25. The number of piperidine rings is 1. The van der Waals surface area contributed by atoms with E-state index in [1.54, 1.807) is 24.1 Å². The number of anilines is 2. The maximum absolute atomic E-state index is 11.7. The molecule has 8 heteroatoms. The number of hydrogen-bond donors (Lipinski definition) is 2. The van der Waals surface area contributed by atoms with Crippen LogP contribution in [0.25, 0.3) is 0 Å². The van der Waals surface area contributed by atoms with Gasteiger partial charge in [-0.1, -0.05) is 20.8 Å². The van der Waals surface area contributed by atoms with Crippen LogP contribution in [-0.4, -0.2) is 50.6 Å². The molecule has 1 saturated heterocycles. The zero-order chi connectivity index (χ0) is 22.6. The summed E-state index contributed by atoms with van der Waals surface area (Å²) in [5, 5.41) is 6.75. The first kappa shape index (κ1) is 23.9. The van der Waals surface area contributed by atoms with E-state index in [2.05, 4.69) is 47.8 Å². The van der Waals surface area contributed by atoms with Crippen LogP contribution in [0.1, 0.15) is 45.2 Å². The molecular formula is C23H34N4O2S2. The number of sulfone groups is 1. The van der Waals surface area contributed by atoms with Gasteiger partial charge in [-0.05, 0) is 66.6 Å². The van der Waals surface area contributed by atoms with Gasteiger partial charge in [-0.2, -0.15) is 0 Å². The molecule has 0 radical (unpaired) electrons. The Labute approximate surface area is 191 Å². The summed E-state index contributed by atoms with van der Waals surface area (Å²) in [5.74, 6) is 1.27. The summed E-state index contributed by atoms with van der Waals surface area (Å²) in [6.45, 7) is 9.45. The molecule has 170 valence electrons. The number of aromatic nitrogens is 1. The van der Waals surface area contributed by atoms with Crippen LogP contribution in [0.4, 0.5) is 11.5 Å². The summed E-state index contributed by atoms with van der Waals surface area (Å²) in [4.78, 5) is 6.33. The molecule has 0 spiro atoms. The normalized spacial score (nSPS) is 18.0. The van der Waals surface area contributed by atoms with Crippen LogP contribution < -0.4 is 10.6 Å². The highest BCUT2D eigenvalue weighted by atomic mass is 32.2. The topological polar surface area (TPSA) is 74.3 Å². The lowest BCUT2D eigenvalue weighted by Crippen LogP contribution is -2.29. The fourth-order valence-corrected chi connectivity index (χ4v) is 5.22. The Balaban J connectivity index is 1.67. The minimum Gasteiger partial charge on any atom is -0.382 e. The fraction of sp³-hybridized carbons (Fsp3) is 0.522. The molecule has 2 heterocycles. The van der Waals surface area contributed by atoms with Crippen molar-refractivity contribution < 1.29 is 8.42 Å². The molecule has 0 aliphatic carbocycles. The summed E-state index contributed by atoms with van der Waals surface area (Å²) in [5.41, 5.74) is 2.35. The van der Waals surface area contributed by atoms with Crippen molar-refractivity contribution in [1.82, 2.24) is 9.29 Å².